The molecule has 0 N–H and O–H groups in total. The van der Waals surface area contributed by atoms with E-state index >= 15 is 0 Å². The fourth-order valence-electron chi connectivity index (χ4n) is 4.98. The van der Waals surface area contributed by atoms with Gasteiger partial charge in [-0.05, 0) is 85.6 Å². The molecule has 0 bridgehead atoms. The smallest absolute Gasteiger partial charge is 0.207 e. The van der Waals surface area contributed by atoms with Crippen LogP contribution in [0.1, 0.15) is 11.1 Å². The topological polar surface area (TPSA) is 52.6 Å². The van der Waals surface area contributed by atoms with Gasteiger partial charge in [-0.2, -0.15) is 0 Å². The zero-order valence-electron chi connectivity index (χ0n) is 23.9. The van der Waals surface area contributed by atoms with E-state index in [-0.39, 0.29) is 9.79 Å². The maximum Gasteiger partial charge on any atom is 0.207 e. The Balaban J connectivity index is 1.36. The zero-order chi connectivity index (χ0) is 29.8. The van der Waals surface area contributed by atoms with Gasteiger partial charge in [-0.1, -0.05) is 96.1 Å². The molecular weight excluding hydrogens is 552 g/mol. The lowest BCUT2D eigenvalue weighted by atomic mass is 10.0. The largest absolute Gasteiger partial charge is 0.457 e. The minimum absolute atomic E-state index is 0.254. The second-order valence-electron chi connectivity index (χ2n) is 10.4. The van der Waals surface area contributed by atoms with Crippen molar-refractivity contribution in [2.45, 2.75) is 23.6 Å². The van der Waals surface area contributed by atoms with Gasteiger partial charge in [-0.25, -0.2) is 8.42 Å². The van der Waals surface area contributed by atoms with Gasteiger partial charge in [0.1, 0.15) is 23.0 Å². The summed E-state index contributed by atoms with van der Waals surface area (Å²) in [7, 11) is -3.91. The third-order valence-corrected chi connectivity index (χ3v) is 9.01. The van der Waals surface area contributed by atoms with Crippen molar-refractivity contribution in [3.05, 3.63) is 157 Å². The summed E-state index contributed by atoms with van der Waals surface area (Å²) in [4.78, 5) is 0.507. The summed E-state index contributed by atoms with van der Waals surface area (Å²) in [5.74, 6) is 2.82. The fourth-order valence-corrected chi connectivity index (χ4v) is 6.64. The molecule has 0 aliphatic carbocycles. The molecule has 0 amide bonds. The predicted molar refractivity (Wildman–Crippen MR) is 172 cm³/mol. The lowest BCUT2D eigenvalue weighted by Crippen LogP contribution is -2.06. The van der Waals surface area contributed by atoms with Gasteiger partial charge in [0.15, 0.2) is 0 Å². The Morgan fingerprint density at radius 3 is 1.14 bits per heavy atom. The highest BCUT2D eigenvalue weighted by molar-refractivity contribution is 7.91. The summed E-state index contributed by atoms with van der Waals surface area (Å²) >= 11 is 0. The quantitative estimate of drug-likeness (QED) is 0.179. The number of para-hydroxylation sites is 2. The monoisotopic (exact) mass is 582 g/mol. The molecule has 0 fully saturated rings. The SMILES string of the molecule is Cc1ccc(S(=O)(=O)c2ccc(C)cc2-c2ccc(Oc3ccccc3)cc2)c(-c2ccc(Oc3ccccc3)cc2)c1. The van der Waals surface area contributed by atoms with Gasteiger partial charge in [0.25, 0.3) is 0 Å². The maximum absolute atomic E-state index is 14.4. The van der Waals surface area contributed by atoms with Gasteiger partial charge in [-0.3, -0.25) is 0 Å². The van der Waals surface area contributed by atoms with Crippen LogP contribution in [0.25, 0.3) is 22.3 Å². The van der Waals surface area contributed by atoms with Crippen LogP contribution in [0.15, 0.2) is 155 Å². The first-order chi connectivity index (χ1) is 20.9. The highest BCUT2D eigenvalue weighted by Gasteiger charge is 2.26. The first-order valence-electron chi connectivity index (χ1n) is 14.0. The number of aryl methyl sites for hydroxylation is 2. The van der Waals surface area contributed by atoms with E-state index in [1.165, 1.54) is 0 Å². The fraction of sp³-hybridized carbons (Fsp3) is 0.0526. The van der Waals surface area contributed by atoms with Gasteiger partial charge < -0.3 is 9.47 Å². The van der Waals surface area contributed by atoms with E-state index in [0.29, 0.717) is 22.6 Å². The van der Waals surface area contributed by atoms with E-state index in [2.05, 4.69) is 0 Å². The molecule has 43 heavy (non-hydrogen) atoms. The lowest BCUT2D eigenvalue weighted by Gasteiger charge is -2.16. The molecule has 0 atom stereocenters. The Labute approximate surface area is 252 Å². The molecule has 5 heteroatoms. The summed E-state index contributed by atoms with van der Waals surface area (Å²) in [5.41, 5.74) is 4.81. The molecule has 0 aliphatic heterocycles. The predicted octanol–water partition coefficient (Wildman–Crippen LogP) is 10.1. The van der Waals surface area contributed by atoms with Gasteiger partial charge in [0.05, 0.1) is 9.79 Å². The third kappa shape index (κ3) is 6.22. The van der Waals surface area contributed by atoms with Crippen LogP contribution >= 0.6 is 0 Å². The number of benzene rings is 6. The van der Waals surface area contributed by atoms with E-state index in [1.807, 2.05) is 147 Å². The lowest BCUT2D eigenvalue weighted by molar-refractivity contribution is 0.482. The Hall–Kier alpha value is -5.13. The van der Waals surface area contributed by atoms with Crippen LogP contribution in [0.3, 0.4) is 0 Å². The molecule has 0 radical (unpaired) electrons. The minimum Gasteiger partial charge on any atom is -0.457 e. The van der Waals surface area contributed by atoms with Crippen molar-refractivity contribution in [2.24, 2.45) is 0 Å². The molecule has 4 nitrogen and oxygen atoms in total. The summed E-state index contributed by atoms with van der Waals surface area (Å²) in [5, 5.41) is 0. The Kier molecular flexibility index (Phi) is 7.82. The molecule has 0 spiro atoms. The first kappa shape index (κ1) is 28.0. The number of sulfone groups is 1. The van der Waals surface area contributed by atoms with E-state index in [9.17, 15) is 8.42 Å². The van der Waals surface area contributed by atoms with Crippen molar-refractivity contribution in [2.75, 3.05) is 0 Å². The molecule has 212 valence electrons. The van der Waals surface area contributed by atoms with Crippen LogP contribution in [0.4, 0.5) is 0 Å². The molecule has 6 aromatic carbocycles. The van der Waals surface area contributed by atoms with Crippen molar-refractivity contribution in [1.82, 2.24) is 0 Å². The van der Waals surface area contributed by atoms with Crippen LogP contribution in [-0.2, 0) is 9.84 Å². The molecule has 6 aromatic rings. The van der Waals surface area contributed by atoms with Crippen LogP contribution in [0.5, 0.6) is 23.0 Å². The Morgan fingerprint density at radius 2 is 0.767 bits per heavy atom. The summed E-state index contributed by atoms with van der Waals surface area (Å²) in [6.45, 7) is 3.92. The van der Waals surface area contributed by atoms with Crippen LogP contribution in [0.2, 0.25) is 0 Å². The van der Waals surface area contributed by atoms with Gasteiger partial charge in [0.2, 0.25) is 9.84 Å². The summed E-state index contributed by atoms with van der Waals surface area (Å²) in [6.07, 6.45) is 0. The van der Waals surface area contributed by atoms with Crippen LogP contribution < -0.4 is 9.47 Å². The highest BCUT2D eigenvalue weighted by atomic mass is 32.2. The number of hydrogen-bond acceptors (Lipinski definition) is 4. The van der Waals surface area contributed by atoms with Crippen molar-refractivity contribution < 1.29 is 17.9 Å². The minimum atomic E-state index is -3.91. The summed E-state index contributed by atoms with van der Waals surface area (Å²) < 4.78 is 40.7. The highest BCUT2D eigenvalue weighted by Crippen LogP contribution is 2.38. The van der Waals surface area contributed by atoms with Crippen molar-refractivity contribution in [3.8, 4) is 45.3 Å². The van der Waals surface area contributed by atoms with Gasteiger partial charge in [-0.15, -0.1) is 0 Å². The molecule has 6 rings (SSSR count). The summed E-state index contributed by atoms with van der Waals surface area (Å²) in [6, 6.07) is 45.0. The van der Waals surface area contributed by atoms with Gasteiger partial charge >= 0.3 is 0 Å². The normalized spacial score (nSPS) is 11.2. The molecule has 0 saturated carbocycles. The second-order valence-corrected chi connectivity index (χ2v) is 12.3. The molecule has 0 aromatic heterocycles. The molecular formula is C38H30O4S. The molecule has 0 saturated heterocycles. The molecule has 0 unspecified atom stereocenters. The number of ether oxygens (including phenoxy) is 2. The first-order valence-corrected chi connectivity index (χ1v) is 15.5. The second kappa shape index (κ2) is 12.0. The maximum atomic E-state index is 14.4. The van der Waals surface area contributed by atoms with Crippen molar-refractivity contribution in [3.63, 3.8) is 0 Å². The van der Waals surface area contributed by atoms with Crippen molar-refractivity contribution >= 4 is 9.84 Å². The average molecular weight is 583 g/mol. The average Bonchev–Trinajstić information content (AvgIpc) is 3.02. The van der Waals surface area contributed by atoms with E-state index in [4.69, 9.17) is 9.47 Å². The Bertz CT molecular complexity index is 1830. The van der Waals surface area contributed by atoms with Gasteiger partial charge in [0, 0.05) is 11.1 Å². The molecule has 0 heterocycles. The van der Waals surface area contributed by atoms with Crippen molar-refractivity contribution in [1.29, 1.82) is 0 Å². The van der Waals surface area contributed by atoms with Crippen LogP contribution in [-0.4, -0.2) is 8.42 Å². The number of rotatable bonds is 8. The van der Waals surface area contributed by atoms with E-state index in [1.54, 1.807) is 12.1 Å². The van der Waals surface area contributed by atoms with Crippen LogP contribution in [0, 0.1) is 13.8 Å². The number of hydrogen-bond donors (Lipinski definition) is 0. The Morgan fingerprint density at radius 1 is 0.419 bits per heavy atom. The van der Waals surface area contributed by atoms with E-state index in [0.717, 1.165) is 33.8 Å². The third-order valence-electron chi connectivity index (χ3n) is 7.14. The standard InChI is InChI=1S/C38H30O4S/c1-27-13-23-37(35(25-27)29-15-19-33(20-16-29)41-31-9-5-3-6-10-31)43(39,40)38-24-14-28(2)26-36(38)30-17-21-34(22-18-30)42-32-11-7-4-8-12-32/h3-26H,1-2H3. The zero-order valence-corrected chi connectivity index (χ0v) is 24.7. The van der Waals surface area contributed by atoms with E-state index < -0.39 is 9.84 Å². The molecule has 0 aliphatic rings.